The van der Waals surface area contributed by atoms with Gasteiger partial charge in [0.15, 0.2) is 0 Å². The van der Waals surface area contributed by atoms with E-state index in [4.69, 9.17) is 9.47 Å². The van der Waals surface area contributed by atoms with Gasteiger partial charge in [-0.15, -0.1) is 23.5 Å². The number of thioether (sulfide) groups is 2. The Balaban J connectivity index is 1.59. The summed E-state index contributed by atoms with van der Waals surface area (Å²) in [5.41, 5.74) is 0.860. The van der Waals surface area contributed by atoms with E-state index in [1.54, 1.807) is 35.3 Å². The molecule has 0 aliphatic carbocycles. The first-order valence-electron chi connectivity index (χ1n) is 9.07. The summed E-state index contributed by atoms with van der Waals surface area (Å²) in [6, 6.07) is 7.87. The van der Waals surface area contributed by atoms with Crippen molar-refractivity contribution < 1.29 is 23.9 Å². The molecule has 2 saturated heterocycles. The number of alkyl carbamates (subject to hydrolysis) is 1. The molecule has 0 unspecified atom stereocenters. The van der Waals surface area contributed by atoms with Gasteiger partial charge in [-0.25, -0.2) is 9.59 Å². The second-order valence-electron chi connectivity index (χ2n) is 6.74. The van der Waals surface area contributed by atoms with Crippen LogP contribution in [0.3, 0.4) is 0 Å². The van der Waals surface area contributed by atoms with Crippen LogP contribution in [0.4, 0.5) is 4.79 Å². The highest BCUT2D eigenvalue weighted by molar-refractivity contribution is 8.21. The Kier molecular flexibility index (Phi) is 6.77. The molecule has 152 valence electrons. The molecule has 28 heavy (non-hydrogen) atoms. The van der Waals surface area contributed by atoms with Crippen LogP contribution in [0.1, 0.15) is 18.9 Å². The van der Waals surface area contributed by atoms with Crippen molar-refractivity contribution in [2.75, 3.05) is 25.2 Å². The molecule has 2 aliphatic rings. The zero-order valence-electron chi connectivity index (χ0n) is 15.9. The van der Waals surface area contributed by atoms with Gasteiger partial charge in [-0.05, 0) is 12.5 Å². The smallest absolute Gasteiger partial charge is 0.408 e. The third-order valence-electron chi connectivity index (χ3n) is 4.78. The predicted molar refractivity (Wildman–Crippen MR) is 109 cm³/mol. The fourth-order valence-electron chi connectivity index (χ4n) is 3.38. The molecule has 3 rings (SSSR count). The molecule has 0 saturated carbocycles. The van der Waals surface area contributed by atoms with Gasteiger partial charge in [0.1, 0.15) is 18.7 Å². The zero-order chi connectivity index (χ0) is 20.1. The number of hydrogen-bond acceptors (Lipinski definition) is 7. The van der Waals surface area contributed by atoms with Crippen molar-refractivity contribution in [1.29, 1.82) is 0 Å². The third kappa shape index (κ3) is 4.75. The number of likely N-dealkylation sites (tertiary alicyclic amines) is 1. The monoisotopic (exact) mass is 424 g/mol. The Morgan fingerprint density at radius 2 is 1.93 bits per heavy atom. The van der Waals surface area contributed by atoms with Crippen LogP contribution in [0.5, 0.6) is 0 Å². The molecule has 2 atom stereocenters. The summed E-state index contributed by atoms with van der Waals surface area (Å²) in [6.45, 7) is 2.19. The quantitative estimate of drug-likeness (QED) is 0.726. The normalized spacial score (nSPS) is 21.4. The van der Waals surface area contributed by atoms with Gasteiger partial charge >= 0.3 is 12.1 Å². The summed E-state index contributed by atoms with van der Waals surface area (Å²) in [5, 5.41) is 2.57. The van der Waals surface area contributed by atoms with Gasteiger partial charge in [-0.2, -0.15) is 0 Å². The fourth-order valence-corrected chi connectivity index (χ4v) is 6.63. The van der Waals surface area contributed by atoms with E-state index < -0.39 is 24.1 Å². The average molecular weight is 425 g/mol. The second-order valence-corrected chi connectivity index (χ2v) is 9.96. The highest BCUT2D eigenvalue weighted by Crippen LogP contribution is 2.51. The first-order chi connectivity index (χ1) is 13.4. The van der Waals surface area contributed by atoms with Gasteiger partial charge in [-0.1, -0.05) is 30.3 Å². The van der Waals surface area contributed by atoms with Gasteiger partial charge in [-0.3, -0.25) is 4.79 Å². The molecule has 1 spiro atoms. The van der Waals surface area contributed by atoms with Crippen molar-refractivity contribution in [2.24, 2.45) is 0 Å². The van der Waals surface area contributed by atoms with Gasteiger partial charge < -0.3 is 19.7 Å². The molecular formula is C19H24N2O5S2. The van der Waals surface area contributed by atoms with Gasteiger partial charge in [0.25, 0.3) is 0 Å². The minimum Gasteiger partial charge on any atom is -0.467 e. The topological polar surface area (TPSA) is 84.9 Å². The number of nitrogens with zero attached hydrogens (tertiary/aromatic N) is 1. The molecule has 0 aromatic heterocycles. The van der Waals surface area contributed by atoms with E-state index >= 15 is 0 Å². The molecule has 1 aromatic rings. The molecule has 0 radical (unpaired) electrons. The highest BCUT2D eigenvalue weighted by atomic mass is 32.2. The van der Waals surface area contributed by atoms with Gasteiger partial charge in [0, 0.05) is 24.5 Å². The minimum absolute atomic E-state index is 0.123. The Morgan fingerprint density at radius 1 is 1.25 bits per heavy atom. The summed E-state index contributed by atoms with van der Waals surface area (Å²) < 4.78 is 9.92. The van der Waals surface area contributed by atoms with E-state index in [0.29, 0.717) is 13.0 Å². The molecule has 9 heteroatoms. The van der Waals surface area contributed by atoms with Crippen molar-refractivity contribution in [1.82, 2.24) is 10.2 Å². The molecule has 2 amide bonds. The number of carbonyl (C=O) groups excluding carboxylic acids is 3. The lowest BCUT2D eigenvalue weighted by Crippen LogP contribution is -2.51. The predicted octanol–water partition coefficient (Wildman–Crippen LogP) is 2.25. The number of carbonyl (C=O) groups is 3. The number of esters is 1. The molecule has 2 aliphatic heterocycles. The van der Waals surface area contributed by atoms with E-state index in [1.165, 1.54) is 7.11 Å². The Morgan fingerprint density at radius 3 is 2.57 bits per heavy atom. The minimum atomic E-state index is -0.804. The van der Waals surface area contributed by atoms with E-state index in [9.17, 15) is 14.4 Å². The van der Waals surface area contributed by atoms with Gasteiger partial charge in [0.05, 0.1) is 11.2 Å². The number of amides is 2. The van der Waals surface area contributed by atoms with E-state index in [-0.39, 0.29) is 16.6 Å². The summed E-state index contributed by atoms with van der Waals surface area (Å²) in [6.07, 6.45) is -0.107. The lowest BCUT2D eigenvalue weighted by molar-refractivity contribution is -0.151. The number of hydrogen-bond donors (Lipinski definition) is 1. The van der Waals surface area contributed by atoms with Crippen LogP contribution in [-0.4, -0.2) is 64.2 Å². The van der Waals surface area contributed by atoms with Crippen molar-refractivity contribution >= 4 is 41.5 Å². The third-order valence-corrected chi connectivity index (χ3v) is 8.21. The van der Waals surface area contributed by atoms with Crippen LogP contribution in [0, 0.1) is 0 Å². The van der Waals surface area contributed by atoms with Crippen LogP contribution < -0.4 is 5.32 Å². The fraction of sp³-hybridized carbons (Fsp3) is 0.526. The lowest BCUT2D eigenvalue weighted by atomic mass is 10.2. The summed E-state index contributed by atoms with van der Waals surface area (Å²) in [7, 11) is 1.33. The molecule has 2 heterocycles. The molecule has 2 fully saturated rings. The summed E-state index contributed by atoms with van der Waals surface area (Å²) in [4.78, 5) is 38.8. The number of nitrogens with one attached hydrogen (secondary N) is 1. The number of ether oxygens (including phenoxy) is 2. The zero-order valence-corrected chi connectivity index (χ0v) is 17.5. The maximum absolute atomic E-state index is 13.0. The maximum Gasteiger partial charge on any atom is 0.408 e. The number of methoxy groups -OCH3 is 1. The Hall–Kier alpha value is -1.87. The molecule has 7 nitrogen and oxygen atoms in total. The summed E-state index contributed by atoms with van der Waals surface area (Å²) >= 11 is 3.57. The van der Waals surface area contributed by atoms with Crippen molar-refractivity contribution in [3.8, 4) is 0 Å². The van der Waals surface area contributed by atoms with Crippen LogP contribution in [0.15, 0.2) is 30.3 Å². The van der Waals surface area contributed by atoms with E-state index in [1.807, 2.05) is 30.3 Å². The van der Waals surface area contributed by atoms with E-state index in [0.717, 1.165) is 17.1 Å². The van der Waals surface area contributed by atoms with Crippen molar-refractivity contribution in [2.45, 2.75) is 36.1 Å². The average Bonchev–Trinajstić information content (AvgIpc) is 3.33. The SMILES string of the molecule is COC(=O)[C@@H]1CC2(CN1C(=O)[C@H](C)NC(=O)OCc1ccccc1)SCCS2. The van der Waals surface area contributed by atoms with Gasteiger partial charge in [0.2, 0.25) is 5.91 Å². The van der Waals surface area contributed by atoms with Crippen LogP contribution in [0.25, 0.3) is 0 Å². The molecule has 1 aromatic carbocycles. The first kappa shape index (κ1) is 20.9. The van der Waals surface area contributed by atoms with Crippen LogP contribution in [0.2, 0.25) is 0 Å². The molecule has 0 bridgehead atoms. The largest absolute Gasteiger partial charge is 0.467 e. The standard InChI is InChI=1S/C19H24N2O5S2/c1-13(20-18(24)26-11-14-6-4-3-5-7-14)16(22)21-12-19(27-8-9-28-19)10-15(21)17(23)25-2/h3-7,13,15H,8-12H2,1-2H3,(H,20,24)/t13-,15-/m0/s1. The molecular weight excluding hydrogens is 400 g/mol. The highest BCUT2D eigenvalue weighted by Gasteiger charge is 2.52. The Bertz CT molecular complexity index is 724. The van der Waals surface area contributed by atoms with Crippen LogP contribution >= 0.6 is 23.5 Å². The van der Waals surface area contributed by atoms with Crippen molar-refractivity contribution in [3.63, 3.8) is 0 Å². The van der Waals surface area contributed by atoms with Crippen LogP contribution in [-0.2, 0) is 25.7 Å². The maximum atomic E-state index is 13.0. The van der Waals surface area contributed by atoms with Crippen molar-refractivity contribution in [3.05, 3.63) is 35.9 Å². The number of benzene rings is 1. The second kappa shape index (κ2) is 9.09. The molecule has 1 N–H and O–H groups in total. The Labute approximate surface area is 172 Å². The lowest BCUT2D eigenvalue weighted by Gasteiger charge is -2.26. The first-order valence-corrected chi connectivity index (χ1v) is 11.0. The van der Waals surface area contributed by atoms with E-state index in [2.05, 4.69) is 5.32 Å². The summed E-state index contributed by atoms with van der Waals surface area (Å²) in [5.74, 6) is 1.27. The number of rotatable bonds is 5.